The molecular formula is C14H20ClFN2O2. The number of ether oxygens (including phenoxy) is 1. The van der Waals surface area contributed by atoms with Gasteiger partial charge in [-0.2, -0.15) is 0 Å². The van der Waals surface area contributed by atoms with E-state index in [1.807, 2.05) is 0 Å². The van der Waals surface area contributed by atoms with Crippen molar-refractivity contribution in [2.75, 3.05) is 26.8 Å². The van der Waals surface area contributed by atoms with Crippen molar-refractivity contribution in [2.24, 2.45) is 0 Å². The van der Waals surface area contributed by atoms with Crippen LogP contribution in [0.25, 0.3) is 0 Å². The number of hydrogen-bond acceptors (Lipinski definition) is 3. The van der Waals surface area contributed by atoms with Crippen LogP contribution in [0.2, 0.25) is 0 Å². The van der Waals surface area contributed by atoms with Crippen molar-refractivity contribution in [1.29, 1.82) is 0 Å². The highest BCUT2D eigenvalue weighted by atomic mass is 35.5. The van der Waals surface area contributed by atoms with Crippen LogP contribution in [-0.4, -0.2) is 38.3 Å². The van der Waals surface area contributed by atoms with Crippen LogP contribution in [0.4, 0.5) is 4.39 Å². The van der Waals surface area contributed by atoms with E-state index in [2.05, 4.69) is 10.6 Å². The summed E-state index contributed by atoms with van der Waals surface area (Å²) in [4.78, 5) is 12.0. The Morgan fingerprint density at radius 3 is 2.70 bits per heavy atom. The Labute approximate surface area is 124 Å². The average molecular weight is 303 g/mol. The normalized spacial score (nSPS) is 21.3. The molecule has 1 fully saturated rings. The Kier molecular flexibility index (Phi) is 6.39. The molecule has 2 rings (SSSR count). The van der Waals surface area contributed by atoms with Gasteiger partial charge in [0.25, 0.3) is 5.91 Å². The molecule has 0 aromatic heterocycles. The van der Waals surface area contributed by atoms with Gasteiger partial charge in [-0.25, -0.2) is 4.39 Å². The SMILES string of the molecule is COCC1(CNC(=O)c2ccc(F)cc2)CCCN1.Cl. The quantitative estimate of drug-likeness (QED) is 0.871. The van der Waals surface area contributed by atoms with Crippen molar-refractivity contribution in [3.05, 3.63) is 35.6 Å². The lowest BCUT2D eigenvalue weighted by Gasteiger charge is -2.28. The number of halogens is 2. The molecule has 1 aliphatic heterocycles. The maximum atomic E-state index is 12.8. The molecule has 0 bridgehead atoms. The number of carbonyl (C=O) groups excluding carboxylic acids is 1. The van der Waals surface area contributed by atoms with Crippen molar-refractivity contribution in [3.63, 3.8) is 0 Å². The van der Waals surface area contributed by atoms with Gasteiger partial charge in [0, 0.05) is 19.2 Å². The molecule has 4 nitrogen and oxygen atoms in total. The summed E-state index contributed by atoms with van der Waals surface area (Å²) in [6.07, 6.45) is 2.06. The van der Waals surface area contributed by atoms with Gasteiger partial charge in [-0.05, 0) is 43.7 Å². The highest BCUT2D eigenvalue weighted by Crippen LogP contribution is 2.19. The molecular weight excluding hydrogens is 283 g/mol. The van der Waals surface area contributed by atoms with E-state index < -0.39 is 0 Å². The van der Waals surface area contributed by atoms with E-state index >= 15 is 0 Å². The van der Waals surface area contributed by atoms with Crippen molar-refractivity contribution in [1.82, 2.24) is 10.6 Å². The zero-order chi connectivity index (χ0) is 13.7. The summed E-state index contributed by atoms with van der Waals surface area (Å²) >= 11 is 0. The predicted octanol–water partition coefficient (Wildman–Crippen LogP) is 1.75. The van der Waals surface area contributed by atoms with Crippen LogP contribution in [0.15, 0.2) is 24.3 Å². The summed E-state index contributed by atoms with van der Waals surface area (Å²) in [7, 11) is 1.66. The number of rotatable bonds is 5. The number of hydrogen-bond donors (Lipinski definition) is 2. The van der Waals surface area contributed by atoms with Crippen molar-refractivity contribution in [2.45, 2.75) is 18.4 Å². The van der Waals surface area contributed by atoms with E-state index in [1.54, 1.807) is 7.11 Å². The van der Waals surface area contributed by atoms with Gasteiger partial charge in [0.05, 0.1) is 12.1 Å². The second-order valence-corrected chi connectivity index (χ2v) is 4.93. The van der Waals surface area contributed by atoms with Gasteiger partial charge >= 0.3 is 0 Å². The van der Waals surface area contributed by atoms with Crippen LogP contribution < -0.4 is 10.6 Å². The summed E-state index contributed by atoms with van der Waals surface area (Å²) in [6, 6.07) is 5.53. The Morgan fingerprint density at radius 2 is 2.15 bits per heavy atom. The maximum Gasteiger partial charge on any atom is 0.251 e. The van der Waals surface area contributed by atoms with Crippen LogP contribution in [0.1, 0.15) is 23.2 Å². The third kappa shape index (κ3) is 4.16. The summed E-state index contributed by atoms with van der Waals surface area (Å²) < 4.78 is 18.0. The fourth-order valence-electron chi connectivity index (χ4n) is 2.42. The molecule has 1 aromatic carbocycles. The molecule has 2 N–H and O–H groups in total. The van der Waals surface area contributed by atoms with E-state index in [0.29, 0.717) is 18.7 Å². The molecule has 6 heteroatoms. The maximum absolute atomic E-state index is 12.8. The summed E-state index contributed by atoms with van der Waals surface area (Å²) in [5, 5.41) is 6.27. The van der Waals surface area contributed by atoms with Crippen LogP contribution in [0.3, 0.4) is 0 Å². The average Bonchev–Trinajstić information content (AvgIpc) is 2.86. The number of carbonyl (C=O) groups is 1. The lowest BCUT2D eigenvalue weighted by molar-refractivity contribution is 0.0892. The van der Waals surface area contributed by atoms with Gasteiger partial charge in [-0.3, -0.25) is 4.79 Å². The van der Waals surface area contributed by atoms with Gasteiger partial charge in [-0.15, -0.1) is 12.4 Å². The standard InChI is InChI=1S/C14H19FN2O2.ClH/c1-19-10-14(7-2-8-17-14)9-16-13(18)11-3-5-12(15)6-4-11;/h3-6,17H,2,7-10H2,1H3,(H,16,18);1H. The largest absolute Gasteiger partial charge is 0.383 e. The number of benzene rings is 1. The van der Waals surface area contributed by atoms with Gasteiger partial charge in [-0.1, -0.05) is 0 Å². The molecule has 1 atom stereocenters. The third-order valence-corrected chi connectivity index (χ3v) is 3.45. The number of nitrogens with one attached hydrogen (secondary N) is 2. The predicted molar refractivity (Wildman–Crippen MR) is 77.8 cm³/mol. The minimum Gasteiger partial charge on any atom is -0.383 e. The lowest BCUT2D eigenvalue weighted by Crippen LogP contribution is -2.52. The monoisotopic (exact) mass is 302 g/mol. The van der Waals surface area contributed by atoms with Crippen LogP contribution >= 0.6 is 12.4 Å². The molecule has 1 heterocycles. The first-order chi connectivity index (χ1) is 9.15. The molecule has 1 amide bonds. The number of amides is 1. The molecule has 1 aromatic rings. The van der Waals surface area contributed by atoms with E-state index in [9.17, 15) is 9.18 Å². The van der Waals surface area contributed by atoms with Crippen LogP contribution in [0.5, 0.6) is 0 Å². The van der Waals surface area contributed by atoms with Gasteiger partial charge < -0.3 is 15.4 Å². The smallest absolute Gasteiger partial charge is 0.251 e. The summed E-state index contributed by atoms with van der Waals surface area (Å²) in [5.74, 6) is -0.533. The Bertz CT molecular complexity index is 433. The molecule has 20 heavy (non-hydrogen) atoms. The van der Waals surface area contributed by atoms with E-state index in [-0.39, 0.29) is 29.7 Å². The Balaban J connectivity index is 0.00000200. The van der Waals surface area contributed by atoms with Crippen molar-refractivity contribution >= 4 is 18.3 Å². The van der Waals surface area contributed by atoms with Crippen molar-refractivity contribution in [3.8, 4) is 0 Å². The third-order valence-electron chi connectivity index (χ3n) is 3.45. The first-order valence-electron chi connectivity index (χ1n) is 6.43. The fourth-order valence-corrected chi connectivity index (χ4v) is 2.42. The Hall–Kier alpha value is -1.17. The van der Waals surface area contributed by atoms with Gasteiger partial charge in [0.15, 0.2) is 0 Å². The molecule has 0 aliphatic carbocycles. The molecule has 0 saturated carbocycles. The molecule has 1 unspecified atom stereocenters. The van der Waals surface area contributed by atoms with Gasteiger partial charge in [0.2, 0.25) is 0 Å². The van der Waals surface area contributed by atoms with E-state index in [0.717, 1.165) is 19.4 Å². The molecule has 1 aliphatic rings. The Morgan fingerprint density at radius 1 is 1.45 bits per heavy atom. The second kappa shape index (κ2) is 7.57. The van der Waals surface area contributed by atoms with Crippen LogP contribution in [0, 0.1) is 5.82 Å². The first kappa shape index (κ1) is 16.9. The van der Waals surface area contributed by atoms with Gasteiger partial charge in [0.1, 0.15) is 5.82 Å². The zero-order valence-electron chi connectivity index (χ0n) is 11.4. The molecule has 0 radical (unpaired) electrons. The van der Waals surface area contributed by atoms with Crippen LogP contribution in [-0.2, 0) is 4.74 Å². The number of methoxy groups -OCH3 is 1. The lowest BCUT2D eigenvalue weighted by atomic mass is 9.98. The highest BCUT2D eigenvalue weighted by Gasteiger charge is 2.33. The second-order valence-electron chi connectivity index (χ2n) is 4.93. The minimum atomic E-state index is -0.343. The zero-order valence-corrected chi connectivity index (χ0v) is 12.3. The molecule has 0 spiro atoms. The fraction of sp³-hybridized carbons (Fsp3) is 0.500. The summed E-state index contributed by atoms with van der Waals surface area (Å²) in [6.45, 7) is 2.02. The first-order valence-corrected chi connectivity index (χ1v) is 6.43. The molecule has 112 valence electrons. The summed E-state index contributed by atoms with van der Waals surface area (Å²) in [5.41, 5.74) is 0.289. The van der Waals surface area contributed by atoms with E-state index in [1.165, 1.54) is 24.3 Å². The van der Waals surface area contributed by atoms with E-state index in [4.69, 9.17) is 4.74 Å². The topological polar surface area (TPSA) is 50.4 Å². The minimum absolute atomic E-state index is 0. The van der Waals surface area contributed by atoms with Crippen molar-refractivity contribution < 1.29 is 13.9 Å². The molecule has 1 saturated heterocycles. The highest BCUT2D eigenvalue weighted by molar-refractivity contribution is 5.94.